The van der Waals surface area contributed by atoms with E-state index in [1.54, 1.807) is 6.07 Å². The predicted molar refractivity (Wildman–Crippen MR) is 67.0 cm³/mol. The monoisotopic (exact) mass is 257 g/mol. The molecular weight excluding hydrogens is 242 g/mol. The summed E-state index contributed by atoms with van der Waals surface area (Å²) in [5.41, 5.74) is 6.42. The number of ether oxygens (including phenoxy) is 1. The van der Waals surface area contributed by atoms with Crippen molar-refractivity contribution in [1.29, 1.82) is 0 Å². The van der Waals surface area contributed by atoms with E-state index in [-0.39, 0.29) is 17.0 Å². The van der Waals surface area contributed by atoms with Crippen molar-refractivity contribution < 1.29 is 19.7 Å². The normalized spacial score (nSPS) is 14.1. The van der Waals surface area contributed by atoms with Gasteiger partial charge in [0.1, 0.15) is 6.10 Å². The van der Waals surface area contributed by atoms with Crippen LogP contribution in [0.2, 0.25) is 0 Å². The van der Waals surface area contributed by atoms with Crippen LogP contribution in [0.25, 0.3) is 0 Å². The fourth-order valence-electron chi connectivity index (χ4n) is 1.37. The number of benzene rings is 1. The fourth-order valence-corrected chi connectivity index (χ4v) is 1.57. The van der Waals surface area contributed by atoms with E-state index in [0.717, 1.165) is 0 Å². The van der Waals surface area contributed by atoms with Crippen LogP contribution in [0.3, 0.4) is 0 Å². The minimum absolute atomic E-state index is 0.110. The Morgan fingerprint density at radius 3 is 2.71 bits per heavy atom. The van der Waals surface area contributed by atoms with E-state index in [1.807, 2.05) is 0 Å². The number of anilines is 1. The molecule has 5 nitrogen and oxygen atoms in total. The van der Waals surface area contributed by atoms with Crippen LogP contribution in [0.1, 0.15) is 22.0 Å². The standard InChI is InChI=1S/C11H15NO4S/c1-16-11(15)7-4-6(2-3-8(7)12)10(14)9(13)5-17/h2-4,9-10,13-14,17H,5,12H2,1H3. The molecule has 2 unspecified atom stereocenters. The highest BCUT2D eigenvalue weighted by atomic mass is 32.1. The number of hydrogen-bond acceptors (Lipinski definition) is 6. The van der Waals surface area contributed by atoms with Gasteiger partial charge in [-0.25, -0.2) is 4.79 Å². The number of methoxy groups -OCH3 is 1. The largest absolute Gasteiger partial charge is 0.465 e. The van der Waals surface area contributed by atoms with E-state index < -0.39 is 18.2 Å². The van der Waals surface area contributed by atoms with Gasteiger partial charge in [-0.3, -0.25) is 0 Å². The lowest BCUT2D eigenvalue weighted by atomic mass is 10.0. The van der Waals surface area contributed by atoms with Gasteiger partial charge in [0.15, 0.2) is 0 Å². The Morgan fingerprint density at radius 2 is 2.18 bits per heavy atom. The van der Waals surface area contributed by atoms with Crippen molar-refractivity contribution in [3.63, 3.8) is 0 Å². The van der Waals surface area contributed by atoms with Gasteiger partial charge in [-0.2, -0.15) is 12.6 Å². The molecule has 0 bridgehead atoms. The van der Waals surface area contributed by atoms with Crippen molar-refractivity contribution >= 4 is 24.3 Å². The van der Waals surface area contributed by atoms with Gasteiger partial charge in [-0.1, -0.05) is 6.07 Å². The van der Waals surface area contributed by atoms with Gasteiger partial charge in [-0.05, 0) is 17.7 Å². The summed E-state index contributed by atoms with van der Waals surface area (Å²) in [7, 11) is 1.24. The summed E-state index contributed by atoms with van der Waals surface area (Å²) < 4.78 is 4.56. The minimum atomic E-state index is -1.11. The van der Waals surface area contributed by atoms with Crippen molar-refractivity contribution in [2.24, 2.45) is 0 Å². The summed E-state index contributed by atoms with van der Waals surface area (Å²) in [6.07, 6.45) is -2.12. The molecule has 0 spiro atoms. The molecule has 6 heteroatoms. The van der Waals surface area contributed by atoms with Crippen LogP contribution in [0.5, 0.6) is 0 Å². The van der Waals surface area contributed by atoms with Crippen molar-refractivity contribution in [3.8, 4) is 0 Å². The maximum atomic E-state index is 11.4. The van der Waals surface area contributed by atoms with E-state index in [2.05, 4.69) is 17.4 Å². The van der Waals surface area contributed by atoms with Crippen LogP contribution >= 0.6 is 12.6 Å². The SMILES string of the molecule is COC(=O)c1cc(C(O)C(O)CS)ccc1N. The Balaban J connectivity index is 3.08. The fraction of sp³-hybridized carbons (Fsp3) is 0.364. The van der Waals surface area contributed by atoms with Crippen LogP contribution in [0.15, 0.2) is 18.2 Å². The molecule has 0 aliphatic carbocycles. The maximum absolute atomic E-state index is 11.4. The minimum Gasteiger partial charge on any atom is -0.465 e. The molecule has 1 aromatic rings. The topological polar surface area (TPSA) is 92.8 Å². The summed E-state index contributed by atoms with van der Waals surface area (Å²) in [6.45, 7) is 0. The molecular formula is C11H15NO4S. The van der Waals surface area contributed by atoms with Crippen LogP contribution < -0.4 is 5.73 Å². The summed E-state index contributed by atoms with van der Waals surface area (Å²) >= 11 is 3.88. The van der Waals surface area contributed by atoms with E-state index in [4.69, 9.17) is 5.73 Å². The molecule has 17 heavy (non-hydrogen) atoms. The first-order valence-electron chi connectivity index (χ1n) is 4.96. The van der Waals surface area contributed by atoms with E-state index in [1.165, 1.54) is 19.2 Å². The first-order valence-corrected chi connectivity index (χ1v) is 5.59. The van der Waals surface area contributed by atoms with Gasteiger partial charge in [0.25, 0.3) is 0 Å². The number of rotatable bonds is 4. The molecule has 94 valence electrons. The van der Waals surface area contributed by atoms with Crippen LogP contribution in [0.4, 0.5) is 5.69 Å². The second-order valence-electron chi connectivity index (χ2n) is 3.53. The van der Waals surface area contributed by atoms with Crippen molar-refractivity contribution in [2.45, 2.75) is 12.2 Å². The van der Waals surface area contributed by atoms with E-state index in [9.17, 15) is 15.0 Å². The highest BCUT2D eigenvalue weighted by Crippen LogP contribution is 2.22. The molecule has 0 aliphatic heterocycles. The Kier molecular flexibility index (Phi) is 4.80. The maximum Gasteiger partial charge on any atom is 0.339 e. The summed E-state index contributed by atoms with van der Waals surface area (Å²) in [4.78, 5) is 11.4. The number of nitrogen functional groups attached to an aromatic ring is 1. The summed E-state index contributed by atoms with van der Waals surface area (Å²) in [5.74, 6) is -0.476. The molecule has 1 aromatic carbocycles. The van der Waals surface area contributed by atoms with Gasteiger partial charge in [0, 0.05) is 11.4 Å². The molecule has 0 amide bonds. The molecule has 0 fully saturated rings. The Morgan fingerprint density at radius 1 is 1.53 bits per heavy atom. The third-order valence-corrected chi connectivity index (χ3v) is 2.75. The number of carbonyl (C=O) groups is 1. The predicted octanol–water partition coefficient (Wildman–Crippen LogP) is 0.380. The zero-order chi connectivity index (χ0) is 13.0. The van der Waals surface area contributed by atoms with Gasteiger partial charge in [0.2, 0.25) is 0 Å². The van der Waals surface area contributed by atoms with E-state index >= 15 is 0 Å². The van der Waals surface area contributed by atoms with E-state index in [0.29, 0.717) is 5.56 Å². The number of aliphatic hydroxyl groups is 2. The van der Waals surface area contributed by atoms with Gasteiger partial charge >= 0.3 is 5.97 Å². The number of aliphatic hydroxyl groups excluding tert-OH is 2. The number of nitrogens with two attached hydrogens (primary N) is 1. The number of thiol groups is 1. The third kappa shape index (κ3) is 3.12. The zero-order valence-corrected chi connectivity index (χ0v) is 10.2. The molecule has 4 N–H and O–H groups in total. The Hall–Kier alpha value is -1.24. The molecule has 0 saturated carbocycles. The highest BCUT2D eigenvalue weighted by molar-refractivity contribution is 7.80. The zero-order valence-electron chi connectivity index (χ0n) is 9.33. The van der Waals surface area contributed by atoms with Crippen LogP contribution in [-0.4, -0.2) is 35.1 Å². The quantitative estimate of drug-likeness (QED) is 0.355. The summed E-state index contributed by atoms with van der Waals surface area (Å²) in [5, 5.41) is 19.2. The second kappa shape index (κ2) is 5.90. The molecule has 0 radical (unpaired) electrons. The van der Waals surface area contributed by atoms with Crippen molar-refractivity contribution in [3.05, 3.63) is 29.3 Å². The smallest absolute Gasteiger partial charge is 0.339 e. The van der Waals surface area contributed by atoms with Crippen LogP contribution in [-0.2, 0) is 4.74 Å². The average Bonchev–Trinajstić information content (AvgIpc) is 2.36. The lowest BCUT2D eigenvalue weighted by Crippen LogP contribution is -2.20. The number of hydrogen-bond donors (Lipinski definition) is 4. The molecule has 2 atom stereocenters. The first kappa shape index (κ1) is 13.8. The van der Waals surface area contributed by atoms with Gasteiger partial charge < -0.3 is 20.7 Å². The molecule has 0 aliphatic rings. The molecule has 0 heterocycles. The van der Waals surface area contributed by atoms with Crippen molar-refractivity contribution in [2.75, 3.05) is 18.6 Å². The highest BCUT2D eigenvalue weighted by Gasteiger charge is 2.19. The number of carbonyl (C=O) groups excluding carboxylic acids is 1. The Bertz CT molecular complexity index is 410. The van der Waals surface area contributed by atoms with Gasteiger partial charge in [-0.15, -0.1) is 0 Å². The lowest BCUT2D eigenvalue weighted by molar-refractivity contribution is 0.0336. The van der Waals surface area contributed by atoms with Crippen LogP contribution in [0, 0.1) is 0 Å². The molecule has 1 rings (SSSR count). The molecule has 0 aromatic heterocycles. The third-order valence-electron chi connectivity index (χ3n) is 2.38. The second-order valence-corrected chi connectivity index (χ2v) is 3.90. The number of esters is 1. The van der Waals surface area contributed by atoms with Crippen molar-refractivity contribution in [1.82, 2.24) is 0 Å². The van der Waals surface area contributed by atoms with Gasteiger partial charge in [0.05, 0.1) is 18.8 Å². The summed E-state index contributed by atoms with van der Waals surface area (Å²) in [6, 6.07) is 4.42. The average molecular weight is 257 g/mol. The first-order chi connectivity index (χ1) is 8.01. The Labute approximate surface area is 105 Å². The molecule has 0 saturated heterocycles. The lowest BCUT2D eigenvalue weighted by Gasteiger charge is -2.17.